The summed E-state index contributed by atoms with van der Waals surface area (Å²) in [4.78, 5) is 19.7. The van der Waals surface area contributed by atoms with Gasteiger partial charge in [-0.1, -0.05) is 26.0 Å². The van der Waals surface area contributed by atoms with Crippen molar-refractivity contribution in [3.05, 3.63) is 24.3 Å². The van der Waals surface area contributed by atoms with Gasteiger partial charge in [0.15, 0.2) is 0 Å². The lowest BCUT2D eigenvalue weighted by Gasteiger charge is -2.39. The van der Waals surface area contributed by atoms with Gasteiger partial charge in [0.1, 0.15) is 12.4 Å². The Morgan fingerprint density at radius 3 is 2.44 bits per heavy atom. The molecular weight excluding hydrogens is 404 g/mol. The van der Waals surface area contributed by atoms with E-state index in [1.807, 2.05) is 29.2 Å². The third-order valence-corrected chi connectivity index (χ3v) is 6.60. The first-order valence-electron chi connectivity index (χ1n) is 12.4. The second kappa shape index (κ2) is 12.4. The van der Waals surface area contributed by atoms with Crippen LogP contribution in [0.4, 0.5) is 10.5 Å². The number of hydrogen-bond donors (Lipinski definition) is 1. The number of nitrogens with zero attached hydrogens (tertiary/aromatic N) is 3. The van der Waals surface area contributed by atoms with Crippen LogP contribution in [0.5, 0.6) is 5.75 Å². The van der Waals surface area contributed by atoms with E-state index in [0.717, 1.165) is 76.6 Å². The fraction of sp³-hybridized carbons (Fsp3) is 0.720. The monoisotopic (exact) mass is 446 g/mol. The van der Waals surface area contributed by atoms with E-state index in [-0.39, 0.29) is 6.03 Å². The van der Waals surface area contributed by atoms with E-state index in [1.165, 1.54) is 0 Å². The molecule has 7 nitrogen and oxygen atoms in total. The van der Waals surface area contributed by atoms with Crippen molar-refractivity contribution in [2.45, 2.75) is 52.7 Å². The number of ether oxygens (including phenoxy) is 2. The van der Waals surface area contributed by atoms with Crippen LogP contribution in [0.1, 0.15) is 40.5 Å². The van der Waals surface area contributed by atoms with Crippen molar-refractivity contribution in [3.8, 4) is 5.75 Å². The largest absolute Gasteiger partial charge is 0.490 e. The van der Waals surface area contributed by atoms with Gasteiger partial charge in [0.25, 0.3) is 0 Å². The summed E-state index contributed by atoms with van der Waals surface area (Å²) in [5, 5.41) is 3.08. The Bertz CT molecular complexity index is 694. The Balaban J connectivity index is 1.45. The zero-order chi connectivity index (χ0) is 22.9. The number of likely N-dealkylation sites (N-methyl/N-ethyl adjacent to an activating group) is 1. The van der Waals surface area contributed by atoms with Gasteiger partial charge in [-0.05, 0) is 57.8 Å². The molecule has 1 aromatic carbocycles. The van der Waals surface area contributed by atoms with Crippen molar-refractivity contribution in [1.82, 2.24) is 14.7 Å². The van der Waals surface area contributed by atoms with Crippen LogP contribution in [-0.4, -0.2) is 91.9 Å². The topological polar surface area (TPSA) is 57.3 Å². The molecule has 1 aromatic rings. The van der Waals surface area contributed by atoms with Crippen molar-refractivity contribution >= 4 is 11.7 Å². The minimum atomic E-state index is -0.0307. The third kappa shape index (κ3) is 7.36. The molecule has 0 radical (unpaired) electrons. The molecule has 2 atom stereocenters. The zero-order valence-electron chi connectivity index (χ0n) is 20.4. The van der Waals surface area contributed by atoms with E-state index in [4.69, 9.17) is 9.47 Å². The first kappa shape index (κ1) is 24.8. The molecule has 0 aromatic heterocycles. The molecule has 1 N–H and O–H groups in total. The molecule has 3 rings (SSSR count). The number of carbonyl (C=O) groups excluding carboxylic acids is 1. The van der Waals surface area contributed by atoms with Crippen LogP contribution in [0.3, 0.4) is 0 Å². The molecule has 32 heavy (non-hydrogen) atoms. The Kier molecular flexibility index (Phi) is 9.63. The molecule has 0 bridgehead atoms. The predicted octanol–water partition coefficient (Wildman–Crippen LogP) is 3.76. The van der Waals surface area contributed by atoms with Crippen molar-refractivity contribution in [2.75, 3.05) is 64.3 Å². The third-order valence-electron chi connectivity index (χ3n) is 6.60. The minimum absolute atomic E-state index is 0.0307. The van der Waals surface area contributed by atoms with Gasteiger partial charge in [-0.15, -0.1) is 0 Å². The number of likely N-dealkylation sites (tertiary alicyclic amines) is 1. The summed E-state index contributed by atoms with van der Waals surface area (Å²) in [5.41, 5.74) is 0.746. The maximum Gasteiger partial charge on any atom is 0.321 e. The Morgan fingerprint density at radius 2 is 1.78 bits per heavy atom. The number of anilines is 1. The summed E-state index contributed by atoms with van der Waals surface area (Å²) in [7, 11) is 0. The number of nitrogens with one attached hydrogen (secondary N) is 1. The number of benzene rings is 1. The maximum absolute atomic E-state index is 12.9. The van der Waals surface area contributed by atoms with Crippen LogP contribution in [0.15, 0.2) is 24.3 Å². The molecule has 2 saturated heterocycles. The number of morpholine rings is 1. The lowest BCUT2D eigenvalue weighted by atomic mass is 9.96. The molecule has 180 valence electrons. The highest BCUT2D eigenvalue weighted by Gasteiger charge is 2.28. The molecule has 2 amide bonds. The van der Waals surface area contributed by atoms with Crippen LogP contribution in [-0.2, 0) is 4.74 Å². The second-order valence-electron chi connectivity index (χ2n) is 9.21. The van der Waals surface area contributed by atoms with Gasteiger partial charge in [-0.2, -0.15) is 0 Å². The summed E-state index contributed by atoms with van der Waals surface area (Å²) in [6, 6.07) is 7.69. The van der Waals surface area contributed by atoms with Gasteiger partial charge in [-0.3, -0.25) is 4.90 Å². The van der Waals surface area contributed by atoms with Gasteiger partial charge in [-0.25, -0.2) is 4.79 Å². The van der Waals surface area contributed by atoms with E-state index in [2.05, 4.69) is 42.8 Å². The summed E-state index contributed by atoms with van der Waals surface area (Å²) < 4.78 is 11.8. The highest BCUT2D eigenvalue weighted by molar-refractivity contribution is 5.91. The van der Waals surface area contributed by atoms with Gasteiger partial charge >= 0.3 is 6.03 Å². The molecule has 0 aliphatic carbocycles. The number of hydrogen-bond acceptors (Lipinski definition) is 5. The summed E-state index contributed by atoms with van der Waals surface area (Å²) in [5.74, 6) is 1.38. The average molecular weight is 447 g/mol. The average Bonchev–Trinajstić information content (AvgIpc) is 2.77. The van der Waals surface area contributed by atoms with Crippen LogP contribution in [0.25, 0.3) is 0 Å². The van der Waals surface area contributed by atoms with Crippen LogP contribution >= 0.6 is 0 Å². The zero-order valence-corrected chi connectivity index (χ0v) is 20.4. The highest BCUT2D eigenvalue weighted by atomic mass is 16.5. The number of urea groups is 1. The Morgan fingerprint density at radius 1 is 1.12 bits per heavy atom. The fourth-order valence-corrected chi connectivity index (χ4v) is 4.83. The number of para-hydroxylation sites is 2. The van der Waals surface area contributed by atoms with E-state index in [9.17, 15) is 4.79 Å². The lowest BCUT2D eigenvalue weighted by molar-refractivity contribution is -0.0728. The van der Waals surface area contributed by atoms with Crippen molar-refractivity contribution in [3.63, 3.8) is 0 Å². The fourth-order valence-electron chi connectivity index (χ4n) is 4.83. The van der Waals surface area contributed by atoms with Crippen LogP contribution in [0, 0.1) is 5.92 Å². The molecule has 2 heterocycles. The normalized spacial score (nSPS) is 22.8. The number of amides is 2. The van der Waals surface area contributed by atoms with Gasteiger partial charge in [0.05, 0.1) is 17.9 Å². The van der Waals surface area contributed by atoms with E-state index in [0.29, 0.717) is 24.7 Å². The van der Waals surface area contributed by atoms with Gasteiger partial charge in [0, 0.05) is 39.3 Å². The molecule has 2 fully saturated rings. The smallest absolute Gasteiger partial charge is 0.321 e. The first-order valence-corrected chi connectivity index (χ1v) is 12.4. The van der Waals surface area contributed by atoms with Crippen molar-refractivity contribution < 1.29 is 14.3 Å². The summed E-state index contributed by atoms with van der Waals surface area (Å²) in [6.07, 6.45) is 2.71. The van der Waals surface area contributed by atoms with Crippen molar-refractivity contribution in [1.29, 1.82) is 0 Å². The lowest BCUT2D eigenvalue weighted by Crippen LogP contribution is -2.49. The second-order valence-corrected chi connectivity index (χ2v) is 9.21. The molecular formula is C25H42N4O3. The van der Waals surface area contributed by atoms with Crippen LogP contribution in [0.2, 0.25) is 0 Å². The van der Waals surface area contributed by atoms with E-state index in [1.54, 1.807) is 0 Å². The molecule has 2 aliphatic heterocycles. The molecule has 0 spiro atoms. The van der Waals surface area contributed by atoms with Gasteiger partial charge < -0.3 is 24.6 Å². The Hall–Kier alpha value is -1.83. The molecule has 0 saturated carbocycles. The minimum Gasteiger partial charge on any atom is -0.490 e. The number of rotatable bonds is 9. The first-order chi connectivity index (χ1) is 15.5. The standard InChI is InChI=1S/C25H42N4O3/c1-5-27(6-2)15-16-31-24-10-8-7-9-23(24)26-25(30)29-13-11-22(12-14-29)19-28-17-20(3)32-21(4)18-28/h7-10,20-22H,5-6,11-19H2,1-4H3,(H,26,30)/t20-,21-/m0/s1. The summed E-state index contributed by atoms with van der Waals surface area (Å²) >= 11 is 0. The maximum atomic E-state index is 12.9. The summed E-state index contributed by atoms with van der Waals surface area (Å²) in [6.45, 7) is 16.9. The van der Waals surface area contributed by atoms with E-state index >= 15 is 0 Å². The van der Waals surface area contributed by atoms with Crippen LogP contribution < -0.4 is 10.1 Å². The highest BCUT2D eigenvalue weighted by Crippen LogP contribution is 2.26. The number of piperidine rings is 1. The molecule has 0 unspecified atom stereocenters. The number of carbonyl (C=O) groups is 1. The molecule has 2 aliphatic rings. The SMILES string of the molecule is CCN(CC)CCOc1ccccc1NC(=O)N1CCC(CN2C[C@H](C)O[C@@H](C)C2)CC1. The molecule has 7 heteroatoms. The van der Waals surface area contributed by atoms with Crippen molar-refractivity contribution in [2.24, 2.45) is 5.92 Å². The van der Waals surface area contributed by atoms with E-state index < -0.39 is 0 Å². The Labute approximate surface area is 194 Å². The quantitative estimate of drug-likeness (QED) is 0.626. The van der Waals surface area contributed by atoms with Gasteiger partial charge in [0.2, 0.25) is 0 Å². The predicted molar refractivity (Wildman–Crippen MR) is 129 cm³/mol.